The Morgan fingerprint density at radius 2 is 2.05 bits per heavy atom. The molecule has 1 N–H and O–H groups in total. The zero-order valence-corrected chi connectivity index (χ0v) is 13.8. The van der Waals surface area contributed by atoms with Gasteiger partial charge in [-0.1, -0.05) is 39.0 Å². The first kappa shape index (κ1) is 16.0. The minimum Gasteiger partial charge on any atom is -0.338 e. The van der Waals surface area contributed by atoms with E-state index in [0.717, 1.165) is 37.2 Å². The predicted octanol–water partition coefficient (Wildman–Crippen LogP) is 3.06. The fraction of sp³-hybridized carbons (Fsp3) is 0.611. The highest BCUT2D eigenvalue weighted by Gasteiger charge is 2.27. The summed E-state index contributed by atoms with van der Waals surface area (Å²) in [5.41, 5.74) is 2.01. The van der Waals surface area contributed by atoms with Gasteiger partial charge in [0.2, 0.25) is 0 Å². The molecule has 1 aromatic carbocycles. The minimum absolute atomic E-state index is 0.00752. The van der Waals surface area contributed by atoms with Crippen LogP contribution in [-0.2, 0) is 5.41 Å². The average Bonchev–Trinajstić information content (AvgIpc) is 2.46. The summed E-state index contributed by atoms with van der Waals surface area (Å²) in [5.74, 6) is 0.774. The minimum atomic E-state index is -0.00752. The summed E-state index contributed by atoms with van der Waals surface area (Å²) in [6, 6.07) is 8.06. The first-order valence-electron chi connectivity index (χ1n) is 7.97. The molecule has 116 valence electrons. The highest BCUT2D eigenvalue weighted by Crippen LogP contribution is 2.27. The molecule has 0 bridgehead atoms. The Morgan fingerprint density at radius 3 is 2.71 bits per heavy atom. The second-order valence-corrected chi connectivity index (χ2v) is 7.11. The number of likely N-dealkylation sites (tertiary alicyclic amines) is 1. The van der Waals surface area contributed by atoms with Crippen molar-refractivity contribution in [1.29, 1.82) is 0 Å². The van der Waals surface area contributed by atoms with E-state index in [9.17, 15) is 4.79 Å². The normalized spacial score (nSPS) is 19.6. The maximum Gasteiger partial charge on any atom is 0.254 e. The number of piperidine rings is 1. The van der Waals surface area contributed by atoms with Gasteiger partial charge in [-0.3, -0.25) is 4.79 Å². The first-order valence-corrected chi connectivity index (χ1v) is 7.97. The van der Waals surface area contributed by atoms with Crippen LogP contribution in [0, 0.1) is 5.92 Å². The molecular formula is C18H28N2O. The molecule has 1 aliphatic rings. The number of carbonyl (C=O) groups is 1. The van der Waals surface area contributed by atoms with Gasteiger partial charge < -0.3 is 10.2 Å². The van der Waals surface area contributed by atoms with Crippen LogP contribution in [0.15, 0.2) is 24.3 Å². The molecule has 1 atom stereocenters. The molecule has 1 aromatic rings. The van der Waals surface area contributed by atoms with E-state index in [4.69, 9.17) is 0 Å². The van der Waals surface area contributed by atoms with Crippen molar-refractivity contribution in [2.75, 3.05) is 26.7 Å². The van der Waals surface area contributed by atoms with Crippen molar-refractivity contribution >= 4 is 5.91 Å². The van der Waals surface area contributed by atoms with E-state index in [0.29, 0.717) is 5.92 Å². The van der Waals surface area contributed by atoms with E-state index in [1.165, 1.54) is 6.42 Å². The monoisotopic (exact) mass is 288 g/mol. The predicted molar refractivity (Wildman–Crippen MR) is 87.7 cm³/mol. The van der Waals surface area contributed by atoms with Gasteiger partial charge >= 0.3 is 0 Å². The highest BCUT2D eigenvalue weighted by atomic mass is 16.2. The van der Waals surface area contributed by atoms with Gasteiger partial charge in [0.25, 0.3) is 5.91 Å². The second-order valence-electron chi connectivity index (χ2n) is 7.11. The van der Waals surface area contributed by atoms with Gasteiger partial charge in [-0.25, -0.2) is 0 Å². The van der Waals surface area contributed by atoms with E-state index in [-0.39, 0.29) is 11.3 Å². The summed E-state index contributed by atoms with van der Waals surface area (Å²) in [5, 5.41) is 3.23. The SMILES string of the molecule is CNCC1CCCN(C(=O)c2ccccc2C(C)(C)C)C1. The number of carbonyl (C=O) groups excluding carboxylic acids is 1. The van der Waals surface area contributed by atoms with E-state index in [1.54, 1.807) is 0 Å². The summed E-state index contributed by atoms with van der Waals surface area (Å²) in [6.45, 7) is 9.25. The van der Waals surface area contributed by atoms with Crippen molar-refractivity contribution in [3.63, 3.8) is 0 Å². The molecule has 0 aliphatic carbocycles. The van der Waals surface area contributed by atoms with E-state index < -0.39 is 0 Å². The highest BCUT2D eigenvalue weighted by molar-refractivity contribution is 5.96. The number of nitrogens with zero attached hydrogens (tertiary/aromatic N) is 1. The fourth-order valence-corrected chi connectivity index (χ4v) is 3.20. The maximum atomic E-state index is 12.9. The number of hydrogen-bond acceptors (Lipinski definition) is 2. The molecule has 1 saturated heterocycles. The van der Waals surface area contributed by atoms with E-state index in [2.05, 4.69) is 32.2 Å². The average molecular weight is 288 g/mol. The fourth-order valence-electron chi connectivity index (χ4n) is 3.20. The lowest BCUT2D eigenvalue weighted by molar-refractivity contribution is 0.0671. The number of amides is 1. The van der Waals surface area contributed by atoms with Crippen molar-refractivity contribution in [3.8, 4) is 0 Å². The van der Waals surface area contributed by atoms with Crippen molar-refractivity contribution in [2.24, 2.45) is 5.92 Å². The molecule has 1 aliphatic heterocycles. The molecule has 0 spiro atoms. The molecular weight excluding hydrogens is 260 g/mol. The van der Waals surface area contributed by atoms with Crippen LogP contribution in [0.1, 0.15) is 49.5 Å². The van der Waals surface area contributed by atoms with Gasteiger partial charge in [0.05, 0.1) is 0 Å². The molecule has 2 rings (SSSR count). The lowest BCUT2D eigenvalue weighted by Crippen LogP contribution is -2.43. The van der Waals surface area contributed by atoms with Crippen LogP contribution in [0.4, 0.5) is 0 Å². The van der Waals surface area contributed by atoms with Gasteiger partial charge in [-0.2, -0.15) is 0 Å². The zero-order chi connectivity index (χ0) is 15.5. The van der Waals surface area contributed by atoms with Crippen molar-refractivity contribution in [1.82, 2.24) is 10.2 Å². The number of benzene rings is 1. The van der Waals surface area contributed by atoms with Crippen LogP contribution in [0.25, 0.3) is 0 Å². The molecule has 1 heterocycles. The van der Waals surface area contributed by atoms with Crippen LogP contribution < -0.4 is 5.32 Å². The molecule has 3 nitrogen and oxygen atoms in total. The molecule has 1 unspecified atom stereocenters. The molecule has 0 radical (unpaired) electrons. The second kappa shape index (κ2) is 6.61. The van der Waals surface area contributed by atoms with Crippen LogP contribution in [0.5, 0.6) is 0 Å². The van der Waals surface area contributed by atoms with Crippen LogP contribution in [0.2, 0.25) is 0 Å². The standard InChI is InChI=1S/C18H28N2O/c1-18(2,3)16-10-6-5-9-15(16)17(21)20-11-7-8-14(13-20)12-19-4/h5-6,9-10,14,19H,7-8,11-13H2,1-4H3. The lowest BCUT2D eigenvalue weighted by Gasteiger charge is -2.34. The topological polar surface area (TPSA) is 32.3 Å². The largest absolute Gasteiger partial charge is 0.338 e. The summed E-state index contributed by atoms with van der Waals surface area (Å²) in [7, 11) is 1.98. The Labute approximate surface area is 128 Å². The quantitative estimate of drug-likeness (QED) is 0.927. The summed E-state index contributed by atoms with van der Waals surface area (Å²) >= 11 is 0. The number of nitrogens with one attached hydrogen (secondary N) is 1. The molecule has 21 heavy (non-hydrogen) atoms. The van der Waals surface area contributed by atoms with Gasteiger partial charge in [0.15, 0.2) is 0 Å². The van der Waals surface area contributed by atoms with Crippen molar-refractivity contribution in [2.45, 2.75) is 39.0 Å². The number of rotatable bonds is 3. The van der Waals surface area contributed by atoms with Crippen LogP contribution in [-0.4, -0.2) is 37.5 Å². The molecule has 0 saturated carbocycles. The molecule has 1 amide bonds. The van der Waals surface area contributed by atoms with Crippen LogP contribution >= 0.6 is 0 Å². The van der Waals surface area contributed by atoms with Gasteiger partial charge in [0.1, 0.15) is 0 Å². The number of hydrogen-bond donors (Lipinski definition) is 1. The lowest BCUT2D eigenvalue weighted by atomic mass is 9.83. The van der Waals surface area contributed by atoms with E-state index >= 15 is 0 Å². The Balaban J connectivity index is 2.20. The first-order chi connectivity index (χ1) is 9.93. The Bertz CT molecular complexity index is 488. The van der Waals surface area contributed by atoms with Gasteiger partial charge in [-0.05, 0) is 49.4 Å². The zero-order valence-electron chi connectivity index (χ0n) is 13.8. The summed E-state index contributed by atoms with van der Waals surface area (Å²) < 4.78 is 0. The van der Waals surface area contributed by atoms with E-state index in [1.807, 2.05) is 30.1 Å². The third kappa shape index (κ3) is 3.85. The Kier molecular flexibility index (Phi) is 5.04. The van der Waals surface area contributed by atoms with Crippen molar-refractivity contribution in [3.05, 3.63) is 35.4 Å². The van der Waals surface area contributed by atoms with Crippen molar-refractivity contribution < 1.29 is 4.79 Å². The van der Waals surface area contributed by atoms with Gasteiger partial charge in [-0.15, -0.1) is 0 Å². The third-order valence-corrected chi connectivity index (χ3v) is 4.26. The molecule has 1 fully saturated rings. The summed E-state index contributed by atoms with van der Waals surface area (Å²) in [6.07, 6.45) is 2.32. The van der Waals surface area contributed by atoms with Crippen LogP contribution in [0.3, 0.4) is 0 Å². The summed E-state index contributed by atoms with van der Waals surface area (Å²) in [4.78, 5) is 15.0. The Hall–Kier alpha value is -1.35. The van der Waals surface area contributed by atoms with Gasteiger partial charge in [0, 0.05) is 18.7 Å². The smallest absolute Gasteiger partial charge is 0.254 e. The Morgan fingerprint density at radius 1 is 1.33 bits per heavy atom. The molecule has 3 heteroatoms. The third-order valence-electron chi connectivity index (χ3n) is 4.26. The maximum absolute atomic E-state index is 12.9. The molecule has 0 aromatic heterocycles.